The van der Waals surface area contributed by atoms with E-state index in [0.29, 0.717) is 0 Å². The van der Waals surface area contributed by atoms with E-state index in [1.54, 1.807) is 32.9 Å². The molecule has 0 fully saturated rings. The molecular formula is C16H21NO4. The Bertz CT molecular complexity index is 526. The fourth-order valence-corrected chi connectivity index (χ4v) is 1.63. The average Bonchev–Trinajstić information content (AvgIpc) is 2.34. The topological polar surface area (TPSA) is 75.6 Å². The number of carbonyl (C=O) groups excluding carboxylic acids is 1. The van der Waals surface area contributed by atoms with Gasteiger partial charge in [0.2, 0.25) is 0 Å². The minimum absolute atomic E-state index is 0.197. The predicted octanol–water partition coefficient (Wildman–Crippen LogP) is 3.37. The van der Waals surface area contributed by atoms with Gasteiger partial charge in [-0.15, -0.1) is 0 Å². The Labute approximate surface area is 124 Å². The number of hydrogen-bond donors (Lipinski definition) is 2. The monoisotopic (exact) mass is 291 g/mol. The molecule has 0 aliphatic rings. The Morgan fingerprint density at radius 2 is 1.81 bits per heavy atom. The van der Waals surface area contributed by atoms with Crippen LogP contribution in [0, 0.1) is 0 Å². The van der Waals surface area contributed by atoms with Gasteiger partial charge in [-0.2, -0.15) is 0 Å². The quantitative estimate of drug-likeness (QED) is 0.834. The molecule has 21 heavy (non-hydrogen) atoms. The fraction of sp³-hybridized carbons (Fsp3) is 0.375. The molecule has 5 heteroatoms. The first-order valence-electron chi connectivity index (χ1n) is 6.68. The van der Waals surface area contributed by atoms with E-state index >= 15 is 0 Å². The summed E-state index contributed by atoms with van der Waals surface area (Å²) in [6, 6.07) is 7.06. The van der Waals surface area contributed by atoms with E-state index in [-0.39, 0.29) is 6.04 Å². The molecule has 0 unspecified atom stereocenters. The third kappa shape index (κ3) is 6.61. The van der Waals surface area contributed by atoms with Crippen molar-refractivity contribution in [2.75, 3.05) is 0 Å². The molecule has 1 amide bonds. The maximum Gasteiger partial charge on any atom is 0.408 e. The van der Waals surface area contributed by atoms with Crippen LogP contribution in [0.3, 0.4) is 0 Å². The lowest BCUT2D eigenvalue weighted by Crippen LogP contribution is -2.34. The van der Waals surface area contributed by atoms with Crippen molar-refractivity contribution in [3.63, 3.8) is 0 Å². The van der Waals surface area contributed by atoms with Gasteiger partial charge in [-0.05, 0) is 44.9 Å². The van der Waals surface area contributed by atoms with Crippen molar-refractivity contribution < 1.29 is 19.4 Å². The lowest BCUT2D eigenvalue weighted by atomic mass is 10.1. The Morgan fingerprint density at radius 1 is 1.24 bits per heavy atom. The number of alkyl carbamates (subject to hydrolysis) is 1. The number of ether oxygens (including phenoxy) is 1. The molecule has 0 saturated carbocycles. The number of hydrogen-bond acceptors (Lipinski definition) is 3. The van der Waals surface area contributed by atoms with Crippen LogP contribution in [-0.2, 0) is 9.53 Å². The second kappa shape index (κ2) is 6.92. The van der Waals surface area contributed by atoms with Crippen molar-refractivity contribution in [3.8, 4) is 0 Å². The van der Waals surface area contributed by atoms with Gasteiger partial charge >= 0.3 is 12.1 Å². The second-order valence-corrected chi connectivity index (χ2v) is 5.71. The van der Waals surface area contributed by atoms with Crippen LogP contribution < -0.4 is 5.32 Å². The SMILES string of the molecule is C[C@H](NC(=O)OC(C)(C)C)c1ccc(/C=C/C(=O)O)cc1. The van der Waals surface area contributed by atoms with Crippen LogP contribution in [0.5, 0.6) is 0 Å². The number of nitrogens with one attached hydrogen (secondary N) is 1. The molecule has 0 aliphatic carbocycles. The Kier molecular flexibility index (Phi) is 5.52. The molecule has 1 aromatic rings. The molecule has 1 rings (SSSR count). The van der Waals surface area contributed by atoms with E-state index < -0.39 is 17.7 Å². The minimum Gasteiger partial charge on any atom is -0.478 e. The van der Waals surface area contributed by atoms with E-state index in [1.165, 1.54) is 6.08 Å². The third-order valence-electron chi connectivity index (χ3n) is 2.59. The van der Waals surface area contributed by atoms with E-state index in [9.17, 15) is 9.59 Å². The normalized spacial score (nSPS) is 13.0. The number of carbonyl (C=O) groups is 2. The molecule has 0 aromatic heterocycles. The van der Waals surface area contributed by atoms with Crippen LogP contribution in [-0.4, -0.2) is 22.8 Å². The number of carboxylic acid groups (broad SMARTS) is 1. The minimum atomic E-state index is -0.987. The van der Waals surface area contributed by atoms with E-state index in [1.807, 2.05) is 19.1 Å². The van der Waals surface area contributed by atoms with Gasteiger partial charge in [-0.25, -0.2) is 9.59 Å². The van der Waals surface area contributed by atoms with Gasteiger partial charge in [0.15, 0.2) is 0 Å². The standard InChI is InChI=1S/C16H21NO4/c1-11(17-15(20)21-16(2,3)4)13-8-5-12(6-9-13)7-10-14(18)19/h5-11H,1-4H3,(H,17,20)(H,18,19)/b10-7+/t11-/m0/s1. The number of carboxylic acids is 1. The maximum absolute atomic E-state index is 11.7. The van der Waals surface area contributed by atoms with Crippen molar-refractivity contribution in [1.29, 1.82) is 0 Å². The summed E-state index contributed by atoms with van der Waals surface area (Å²) in [4.78, 5) is 22.1. The molecular weight excluding hydrogens is 270 g/mol. The molecule has 2 N–H and O–H groups in total. The maximum atomic E-state index is 11.7. The molecule has 0 aliphatic heterocycles. The first-order valence-corrected chi connectivity index (χ1v) is 6.68. The van der Waals surface area contributed by atoms with Crippen LogP contribution in [0.15, 0.2) is 30.3 Å². The number of rotatable bonds is 4. The van der Waals surface area contributed by atoms with Gasteiger partial charge in [0, 0.05) is 6.08 Å². The highest BCUT2D eigenvalue weighted by Crippen LogP contribution is 2.15. The summed E-state index contributed by atoms with van der Waals surface area (Å²) in [6.45, 7) is 7.27. The summed E-state index contributed by atoms with van der Waals surface area (Å²) in [5, 5.41) is 11.3. The zero-order valence-electron chi connectivity index (χ0n) is 12.7. The second-order valence-electron chi connectivity index (χ2n) is 5.71. The Hall–Kier alpha value is -2.30. The first-order chi connectivity index (χ1) is 9.67. The third-order valence-corrected chi connectivity index (χ3v) is 2.59. The Balaban J connectivity index is 2.65. The van der Waals surface area contributed by atoms with Crippen LogP contribution in [0.1, 0.15) is 44.9 Å². The van der Waals surface area contributed by atoms with Crippen LogP contribution in [0.25, 0.3) is 6.08 Å². The highest BCUT2D eigenvalue weighted by molar-refractivity contribution is 5.85. The van der Waals surface area contributed by atoms with Crippen molar-refractivity contribution in [2.45, 2.75) is 39.3 Å². The first kappa shape index (κ1) is 16.8. The number of aliphatic carboxylic acids is 1. The van der Waals surface area contributed by atoms with Crippen molar-refractivity contribution >= 4 is 18.1 Å². The van der Waals surface area contributed by atoms with Gasteiger partial charge in [0.05, 0.1) is 6.04 Å². The summed E-state index contributed by atoms with van der Waals surface area (Å²) in [5.41, 5.74) is 1.16. The molecule has 0 bridgehead atoms. The highest BCUT2D eigenvalue weighted by atomic mass is 16.6. The van der Waals surface area contributed by atoms with Gasteiger partial charge in [0.25, 0.3) is 0 Å². The van der Waals surface area contributed by atoms with Crippen LogP contribution in [0.2, 0.25) is 0 Å². The summed E-state index contributed by atoms with van der Waals surface area (Å²) in [6.07, 6.45) is 2.12. The van der Waals surface area contributed by atoms with Gasteiger partial charge in [0.1, 0.15) is 5.60 Å². The van der Waals surface area contributed by atoms with Crippen molar-refractivity contribution in [2.24, 2.45) is 0 Å². The molecule has 0 saturated heterocycles. The van der Waals surface area contributed by atoms with E-state index in [4.69, 9.17) is 9.84 Å². The molecule has 114 valence electrons. The average molecular weight is 291 g/mol. The fourth-order valence-electron chi connectivity index (χ4n) is 1.63. The summed E-state index contributed by atoms with van der Waals surface area (Å²) < 4.78 is 5.19. The Morgan fingerprint density at radius 3 is 2.29 bits per heavy atom. The van der Waals surface area contributed by atoms with Crippen LogP contribution in [0.4, 0.5) is 4.79 Å². The van der Waals surface area contributed by atoms with Gasteiger partial charge < -0.3 is 15.2 Å². The summed E-state index contributed by atoms with van der Waals surface area (Å²) in [5.74, 6) is -0.987. The van der Waals surface area contributed by atoms with Gasteiger partial charge in [-0.3, -0.25) is 0 Å². The molecule has 0 radical (unpaired) electrons. The van der Waals surface area contributed by atoms with Crippen molar-refractivity contribution in [1.82, 2.24) is 5.32 Å². The van der Waals surface area contributed by atoms with Crippen molar-refractivity contribution in [3.05, 3.63) is 41.5 Å². The molecule has 5 nitrogen and oxygen atoms in total. The molecule has 0 spiro atoms. The molecule has 1 aromatic carbocycles. The smallest absolute Gasteiger partial charge is 0.408 e. The van der Waals surface area contributed by atoms with Crippen LogP contribution >= 0.6 is 0 Å². The lowest BCUT2D eigenvalue weighted by Gasteiger charge is -2.22. The molecule has 0 heterocycles. The van der Waals surface area contributed by atoms with E-state index in [0.717, 1.165) is 17.2 Å². The number of amides is 1. The zero-order valence-corrected chi connectivity index (χ0v) is 12.7. The van der Waals surface area contributed by atoms with E-state index in [2.05, 4.69) is 5.32 Å². The highest BCUT2D eigenvalue weighted by Gasteiger charge is 2.18. The number of benzene rings is 1. The zero-order chi connectivity index (χ0) is 16.0. The predicted molar refractivity (Wildman–Crippen MR) is 80.9 cm³/mol. The largest absolute Gasteiger partial charge is 0.478 e. The summed E-state index contributed by atoms with van der Waals surface area (Å²) >= 11 is 0. The van der Waals surface area contributed by atoms with Gasteiger partial charge in [-0.1, -0.05) is 24.3 Å². The lowest BCUT2D eigenvalue weighted by molar-refractivity contribution is -0.131. The molecule has 1 atom stereocenters. The summed E-state index contributed by atoms with van der Waals surface area (Å²) in [7, 11) is 0.